The van der Waals surface area contributed by atoms with E-state index >= 15 is 0 Å². The molecular formula is C20H20ClN5O2. The highest BCUT2D eigenvalue weighted by Crippen LogP contribution is 2.18. The lowest BCUT2D eigenvalue weighted by molar-refractivity contribution is -0.121. The fourth-order valence-electron chi connectivity index (χ4n) is 2.99. The number of ether oxygens (including phenoxy) is 1. The molecule has 144 valence electrons. The van der Waals surface area contributed by atoms with Crippen molar-refractivity contribution in [3.8, 4) is 11.8 Å². The largest absolute Gasteiger partial charge is 0.492 e. The minimum absolute atomic E-state index is 0.0632. The number of hydrogen-bond acceptors (Lipinski definition) is 5. The summed E-state index contributed by atoms with van der Waals surface area (Å²) >= 11 is 5.90. The van der Waals surface area contributed by atoms with Crippen LogP contribution in [0, 0.1) is 25.2 Å². The van der Waals surface area contributed by atoms with Gasteiger partial charge >= 0.3 is 0 Å². The number of rotatable bonds is 7. The van der Waals surface area contributed by atoms with Crippen molar-refractivity contribution in [3.63, 3.8) is 0 Å². The lowest BCUT2D eigenvalue weighted by Crippen LogP contribution is -2.28. The Hall–Kier alpha value is -3.11. The first-order valence-corrected chi connectivity index (χ1v) is 9.26. The van der Waals surface area contributed by atoms with Crippen molar-refractivity contribution in [1.29, 1.82) is 5.26 Å². The Morgan fingerprint density at radius 2 is 2.21 bits per heavy atom. The molecule has 7 nitrogen and oxygen atoms in total. The van der Waals surface area contributed by atoms with E-state index in [9.17, 15) is 4.79 Å². The van der Waals surface area contributed by atoms with E-state index < -0.39 is 0 Å². The molecule has 0 aliphatic heterocycles. The summed E-state index contributed by atoms with van der Waals surface area (Å²) in [7, 11) is 0. The number of halogens is 1. The van der Waals surface area contributed by atoms with Crippen LogP contribution in [-0.2, 0) is 11.2 Å². The van der Waals surface area contributed by atoms with Gasteiger partial charge in [-0.2, -0.15) is 10.4 Å². The normalized spacial score (nSPS) is 10.6. The van der Waals surface area contributed by atoms with Crippen LogP contribution in [-0.4, -0.2) is 33.7 Å². The average Bonchev–Trinajstić information content (AvgIpc) is 3.08. The number of aryl methyl sites for hydroxylation is 2. The summed E-state index contributed by atoms with van der Waals surface area (Å²) in [5.41, 5.74) is 3.64. The summed E-state index contributed by atoms with van der Waals surface area (Å²) in [6.45, 7) is 4.57. The molecule has 0 saturated carbocycles. The topological polar surface area (TPSA) is 92.3 Å². The molecule has 0 saturated heterocycles. The monoisotopic (exact) mass is 397 g/mol. The van der Waals surface area contributed by atoms with Gasteiger partial charge in [0, 0.05) is 22.8 Å². The minimum Gasteiger partial charge on any atom is -0.492 e. The zero-order valence-electron chi connectivity index (χ0n) is 15.7. The van der Waals surface area contributed by atoms with Crippen LogP contribution in [0.4, 0.5) is 0 Å². The molecule has 28 heavy (non-hydrogen) atoms. The smallest absolute Gasteiger partial charge is 0.220 e. The maximum absolute atomic E-state index is 12.1. The fourth-order valence-corrected chi connectivity index (χ4v) is 3.17. The number of carbonyl (C=O) groups is 1. The summed E-state index contributed by atoms with van der Waals surface area (Å²) in [5.74, 6) is 0.607. The van der Waals surface area contributed by atoms with Crippen molar-refractivity contribution >= 4 is 23.2 Å². The number of nitrogens with one attached hydrogen (secondary N) is 1. The predicted octanol–water partition coefficient (Wildman–Crippen LogP) is 3.00. The average molecular weight is 398 g/mol. The minimum atomic E-state index is -0.0632. The van der Waals surface area contributed by atoms with Crippen LogP contribution in [0.25, 0.3) is 5.65 Å². The molecule has 0 bridgehead atoms. The third-order valence-electron chi connectivity index (χ3n) is 4.42. The summed E-state index contributed by atoms with van der Waals surface area (Å²) in [4.78, 5) is 16.6. The van der Waals surface area contributed by atoms with Crippen LogP contribution < -0.4 is 10.1 Å². The van der Waals surface area contributed by atoms with Crippen LogP contribution in [0.15, 0.2) is 30.5 Å². The Labute approximate surface area is 167 Å². The third-order valence-corrected chi connectivity index (χ3v) is 4.66. The van der Waals surface area contributed by atoms with Crippen molar-refractivity contribution in [2.45, 2.75) is 26.7 Å². The highest BCUT2D eigenvalue weighted by Gasteiger charge is 2.14. The van der Waals surface area contributed by atoms with E-state index in [1.807, 2.05) is 26.0 Å². The van der Waals surface area contributed by atoms with Gasteiger partial charge in [-0.1, -0.05) is 17.7 Å². The zero-order valence-corrected chi connectivity index (χ0v) is 16.5. The van der Waals surface area contributed by atoms with E-state index in [1.165, 1.54) is 6.20 Å². The van der Waals surface area contributed by atoms with E-state index in [0.29, 0.717) is 48.0 Å². The molecule has 0 aliphatic rings. The van der Waals surface area contributed by atoms with Gasteiger partial charge in [0.15, 0.2) is 5.65 Å². The van der Waals surface area contributed by atoms with E-state index in [1.54, 1.807) is 16.6 Å². The highest BCUT2D eigenvalue weighted by molar-refractivity contribution is 6.30. The van der Waals surface area contributed by atoms with Crippen LogP contribution in [0.2, 0.25) is 5.02 Å². The SMILES string of the molecule is Cc1nc2c(C#N)cnn2c(C)c1CCC(=O)NCCOc1cccc(Cl)c1. The number of benzene rings is 1. The first-order chi connectivity index (χ1) is 13.5. The molecular weight excluding hydrogens is 378 g/mol. The Bertz CT molecular complexity index is 1050. The number of fused-ring (bicyclic) bond motifs is 1. The molecule has 1 aromatic carbocycles. The van der Waals surface area contributed by atoms with Gasteiger partial charge in [-0.25, -0.2) is 9.50 Å². The number of nitriles is 1. The Kier molecular flexibility index (Phi) is 6.12. The highest BCUT2D eigenvalue weighted by atomic mass is 35.5. The molecule has 1 N–H and O–H groups in total. The van der Waals surface area contributed by atoms with Crippen molar-refractivity contribution in [2.75, 3.05) is 13.2 Å². The van der Waals surface area contributed by atoms with Crippen LogP contribution in [0.5, 0.6) is 5.75 Å². The Morgan fingerprint density at radius 3 is 2.96 bits per heavy atom. The molecule has 3 aromatic rings. The number of carbonyl (C=O) groups excluding carboxylic acids is 1. The van der Waals surface area contributed by atoms with Gasteiger partial charge in [0.25, 0.3) is 0 Å². The molecule has 0 unspecified atom stereocenters. The maximum atomic E-state index is 12.1. The van der Waals surface area contributed by atoms with Crippen molar-refractivity contribution in [3.05, 3.63) is 58.0 Å². The number of amides is 1. The summed E-state index contributed by atoms with van der Waals surface area (Å²) in [5, 5.41) is 16.8. The molecule has 8 heteroatoms. The van der Waals surface area contributed by atoms with E-state index in [2.05, 4.69) is 21.5 Å². The van der Waals surface area contributed by atoms with Gasteiger partial charge in [0.2, 0.25) is 5.91 Å². The molecule has 2 aromatic heterocycles. The van der Waals surface area contributed by atoms with Crippen molar-refractivity contribution < 1.29 is 9.53 Å². The van der Waals surface area contributed by atoms with Crippen molar-refractivity contribution in [1.82, 2.24) is 19.9 Å². The van der Waals surface area contributed by atoms with Crippen molar-refractivity contribution in [2.24, 2.45) is 0 Å². The van der Waals surface area contributed by atoms with Gasteiger partial charge in [0.1, 0.15) is 24.0 Å². The summed E-state index contributed by atoms with van der Waals surface area (Å²) in [6, 6.07) is 9.22. The quantitative estimate of drug-likeness (QED) is 0.618. The summed E-state index contributed by atoms with van der Waals surface area (Å²) in [6.07, 6.45) is 2.38. The predicted molar refractivity (Wildman–Crippen MR) is 105 cm³/mol. The second-order valence-corrected chi connectivity index (χ2v) is 6.76. The fraction of sp³-hybridized carbons (Fsp3) is 0.300. The molecule has 0 aliphatic carbocycles. The van der Waals surface area contributed by atoms with Crippen LogP contribution in [0.1, 0.15) is 28.9 Å². The molecule has 1 amide bonds. The first-order valence-electron chi connectivity index (χ1n) is 8.88. The Balaban J connectivity index is 1.52. The number of aromatic nitrogens is 3. The second-order valence-electron chi connectivity index (χ2n) is 6.32. The lowest BCUT2D eigenvalue weighted by atomic mass is 10.1. The lowest BCUT2D eigenvalue weighted by Gasteiger charge is -2.11. The van der Waals surface area contributed by atoms with E-state index in [0.717, 1.165) is 17.0 Å². The van der Waals surface area contributed by atoms with Gasteiger partial charge in [-0.3, -0.25) is 4.79 Å². The van der Waals surface area contributed by atoms with Gasteiger partial charge in [-0.05, 0) is 44.0 Å². The van der Waals surface area contributed by atoms with Crippen LogP contribution in [0.3, 0.4) is 0 Å². The number of nitrogens with zero attached hydrogens (tertiary/aromatic N) is 4. The maximum Gasteiger partial charge on any atom is 0.220 e. The molecule has 0 fully saturated rings. The number of hydrogen-bond donors (Lipinski definition) is 1. The molecule has 0 atom stereocenters. The van der Waals surface area contributed by atoms with E-state index in [4.69, 9.17) is 21.6 Å². The Morgan fingerprint density at radius 1 is 1.39 bits per heavy atom. The third kappa shape index (κ3) is 4.41. The zero-order chi connectivity index (χ0) is 20.1. The van der Waals surface area contributed by atoms with Crippen LogP contribution >= 0.6 is 11.6 Å². The molecule has 0 radical (unpaired) electrons. The van der Waals surface area contributed by atoms with Gasteiger partial charge in [-0.15, -0.1) is 0 Å². The van der Waals surface area contributed by atoms with Gasteiger partial charge < -0.3 is 10.1 Å². The second kappa shape index (κ2) is 8.72. The standard InChI is InChI=1S/C20H20ClN5O2/c1-13-18(14(2)26-20(25-13)15(11-22)12-24-26)6-7-19(27)23-8-9-28-17-5-3-4-16(21)10-17/h3-5,10,12H,6-9H2,1-2H3,(H,23,27). The van der Waals surface area contributed by atoms with Gasteiger partial charge in [0.05, 0.1) is 12.7 Å². The molecule has 2 heterocycles. The van der Waals surface area contributed by atoms with E-state index in [-0.39, 0.29) is 5.91 Å². The molecule has 0 spiro atoms. The summed E-state index contributed by atoms with van der Waals surface area (Å²) < 4.78 is 7.20. The first kappa shape index (κ1) is 19.6. The molecule has 3 rings (SSSR count).